The Morgan fingerprint density at radius 2 is 1.76 bits per heavy atom. The van der Waals surface area contributed by atoms with Gasteiger partial charge in [0.15, 0.2) is 0 Å². The van der Waals surface area contributed by atoms with Crippen molar-refractivity contribution in [2.45, 2.75) is 6.04 Å². The second-order valence-electron chi connectivity index (χ2n) is 7.57. The fourth-order valence-corrected chi connectivity index (χ4v) is 4.65. The average Bonchev–Trinajstić information content (AvgIpc) is 3.32. The highest BCUT2D eigenvalue weighted by Gasteiger charge is 2.49. The second kappa shape index (κ2) is 7.24. The third-order valence-electron chi connectivity index (χ3n) is 5.88. The van der Waals surface area contributed by atoms with Crippen LogP contribution >= 0.6 is 0 Å². The molecule has 2 aliphatic rings. The van der Waals surface area contributed by atoms with E-state index in [0.717, 1.165) is 18.7 Å². The van der Waals surface area contributed by atoms with Gasteiger partial charge in [0.2, 0.25) is 5.95 Å². The molecular weight excluding hydrogens is 369 g/mol. The number of hydrogen-bond acceptors (Lipinski definition) is 5. The topological polar surface area (TPSA) is 62.2 Å². The van der Waals surface area contributed by atoms with Gasteiger partial charge in [-0.25, -0.2) is 14.4 Å². The largest absolute Gasteiger partial charge is 0.340 e. The van der Waals surface area contributed by atoms with Gasteiger partial charge in [-0.1, -0.05) is 12.1 Å². The highest BCUT2D eigenvalue weighted by atomic mass is 19.1. The Labute approximate surface area is 168 Å². The molecule has 5 rings (SSSR count). The number of halogens is 1. The van der Waals surface area contributed by atoms with Crippen LogP contribution in [0.25, 0.3) is 0 Å². The van der Waals surface area contributed by atoms with E-state index in [1.54, 1.807) is 55.1 Å². The van der Waals surface area contributed by atoms with Gasteiger partial charge in [-0.3, -0.25) is 9.78 Å². The molecule has 2 saturated heterocycles. The van der Waals surface area contributed by atoms with Crippen molar-refractivity contribution < 1.29 is 9.18 Å². The Morgan fingerprint density at radius 1 is 0.966 bits per heavy atom. The van der Waals surface area contributed by atoms with Crippen LogP contribution in [-0.4, -0.2) is 45.4 Å². The first-order valence-electron chi connectivity index (χ1n) is 9.69. The van der Waals surface area contributed by atoms with E-state index in [9.17, 15) is 9.18 Å². The van der Waals surface area contributed by atoms with Crippen LogP contribution in [0.5, 0.6) is 0 Å². The van der Waals surface area contributed by atoms with Gasteiger partial charge in [-0.2, -0.15) is 0 Å². The number of benzene rings is 1. The molecule has 4 heterocycles. The molecule has 0 bridgehead atoms. The van der Waals surface area contributed by atoms with Crippen molar-refractivity contribution in [1.82, 2.24) is 19.9 Å². The van der Waals surface area contributed by atoms with E-state index in [2.05, 4.69) is 19.9 Å². The molecule has 6 nitrogen and oxygen atoms in total. The predicted molar refractivity (Wildman–Crippen MR) is 106 cm³/mol. The van der Waals surface area contributed by atoms with Crippen LogP contribution in [0, 0.1) is 17.7 Å². The summed E-state index contributed by atoms with van der Waals surface area (Å²) in [6.45, 7) is 2.13. The molecule has 1 amide bonds. The highest BCUT2D eigenvalue weighted by Crippen LogP contribution is 2.46. The molecule has 2 aliphatic heterocycles. The second-order valence-corrected chi connectivity index (χ2v) is 7.57. The summed E-state index contributed by atoms with van der Waals surface area (Å²) < 4.78 is 14.0. The van der Waals surface area contributed by atoms with E-state index >= 15 is 0 Å². The zero-order chi connectivity index (χ0) is 19.8. The van der Waals surface area contributed by atoms with E-state index in [4.69, 9.17) is 0 Å². The van der Waals surface area contributed by atoms with Gasteiger partial charge < -0.3 is 9.80 Å². The molecule has 0 radical (unpaired) electrons. The summed E-state index contributed by atoms with van der Waals surface area (Å²) in [5, 5.41) is 0. The molecule has 0 unspecified atom stereocenters. The Kier molecular flexibility index (Phi) is 4.42. The van der Waals surface area contributed by atoms with Gasteiger partial charge in [0, 0.05) is 61.8 Å². The van der Waals surface area contributed by atoms with Crippen LogP contribution in [-0.2, 0) is 0 Å². The normalized spacial score (nSPS) is 23.3. The van der Waals surface area contributed by atoms with Crippen LogP contribution < -0.4 is 4.90 Å². The quantitative estimate of drug-likeness (QED) is 0.689. The SMILES string of the molecule is O=C(c1ccncc1)N1C[C@@H]2CN(c3ncccn3)C[C@@H]2[C@H]1c1cccc(F)c1. The minimum absolute atomic E-state index is 0.0430. The van der Waals surface area contributed by atoms with Gasteiger partial charge in [-0.15, -0.1) is 0 Å². The lowest BCUT2D eigenvalue weighted by Crippen LogP contribution is -2.36. The fraction of sp³-hybridized carbons (Fsp3) is 0.273. The maximum absolute atomic E-state index is 14.0. The lowest BCUT2D eigenvalue weighted by molar-refractivity contribution is 0.0715. The average molecular weight is 389 g/mol. The van der Waals surface area contributed by atoms with E-state index < -0.39 is 0 Å². The van der Waals surface area contributed by atoms with E-state index in [1.165, 1.54) is 6.07 Å². The molecule has 146 valence electrons. The smallest absolute Gasteiger partial charge is 0.254 e. The van der Waals surface area contributed by atoms with Crippen molar-refractivity contribution in [2.75, 3.05) is 24.5 Å². The maximum Gasteiger partial charge on any atom is 0.254 e. The number of pyridine rings is 1. The Hall–Kier alpha value is -3.35. The molecule has 1 aromatic carbocycles. The van der Waals surface area contributed by atoms with Crippen LogP contribution in [0.2, 0.25) is 0 Å². The number of nitrogens with zero attached hydrogens (tertiary/aromatic N) is 5. The van der Waals surface area contributed by atoms with Crippen LogP contribution in [0.1, 0.15) is 22.0 Å². The number of hydrogen-bond donors (Lipinski definition) is 0. The molecule has 0 aliphatic carbocycles. The van der Waals surface area contributed by atoms with Crippen molar-refractivity contribution in [1.29, 1.82) is 0 Å². The molecule has 2 aromatic heterocycles. The number of likely N-dealkylation sites (tertiary alicyclic amines) is 1. The van der Waals surface area contributed by atoms with E-state index in [-0.39, 0.29) is 29.6 Å². The van der Waals surface area contributed by atoms with Crippen molar-refractivity contribution in [3.63, 3.8) is 0 Å². The zero-order valence-electron chi connectivity index (χ0n) is 15.7. The standard InChI is InChI=1S/C22H20FN5O/c23-18-4-1-3-16(11-18)20-19-14-27(22-25-7-2-8-26-22)12-17(19)13-28(20)21(29)15-5-9-24-10-6-15/h1-11,17,19-20H,12-14H2/t17-,19-,20+/m0/s1. The van der Waals surface area contributed by atoms with E-state index in [1.807, 2.05) is 11.0 Å². The Morgan fingerprint density at radius 3 is 2.52 bits per heavy atom. The first kappa shape index (κ1) is 17.7. The van der Waals surface area contributed by atoms with Gasteiger partial charge in [0.25, 0.3) is 5.91 Å². The lowest BCUT2D eigenvalue weighted by atomic mass is 9.89. The van der Waals surface area contributed by atoms with Crippen LogP contribution in [0.15, 0.2) is 67.3 Å². The third-order valence-corrected chi connectivity index (χ3v) is 5.88. The van der Waals surface area contributed by atoms with Gasteiger partial charge in [-0.05, 0) is 35.9 Å². The summed E-state index contributed by atoms with van der Waals surface area (Å²) in [5.74, 6) is 0.832. The van der Waals surface area contributed by atoms with Crippen molar-refractivity contribution >= 4 is 11.9 Å². The fourth-order valence-electron chi connectivity index (χ4n) is 4.65. The maximum atomic E-state index is 14.0. The summed E-state index contributed by atoms with van der Waals surface area (Å²) in [5.41, 5.74) is 1.43. The summed E-state index contributed by atoms with van der Waals surface area (Å²) >= 11 is 0. The Balaban J connectivity index is 1.49. The molecule has 29 heavy (non-hydrogen) atoms. The first-order chi connectivity index (χ1) is 14.2. The molecule has 7 heteroatoms. The lowest BCUT2D eigenvalue weighted by Gasteiger charge is -2.30. The van der Waals surface area contributed by atoms with Crippen molar-refractivity contribution in [3.8, 4) is 0 Å². The number of amides is 1. The van der Waals surface area contributed by atoms with E-state index in [0.29, 0.717) is 18.1 Å². The van der Waals surface area contributed by atoms with Gasteiger partial charge in [0.05, 0.1) is 6.04 Å². The molecular formula is C22H20FN5O. The summed E-state index contributed by atoms with van der Waals surface area (Å²) in [6.07, 6.45) is 6.71. The summed E-state index contributed by atoms with van der Waals surface area (Å²) in [7, 11) is 0. The summed E-state index contributed by atoms with van der Waals surface area (Å²) in [6, 6.07) is 11.7. The number of carbonyl (C=O) groups excluding carboxylic acids is 1. The number of carbonyl (C=O) groups is 1. The monoisotopic (exact) mass is 389 g/mol. The number of aromatic nitrogens is 3. The number of rotatable bonds is 3. The highest BCUT2D eigenvalue weighted by molar-refractivity contribution is 5.94. The third kappa shape index (κ3) is 3.22. The van der Waals surface area contributed by atoms with Crippen molar-refractivity contribution in [2.24, 2.45) is 11.8 Å². The minimum Gasteiger partial charge on any atom is -0.340 e. The Bertz CT molecular complexity index is 1020. The first-order valence-corrected chi connectivity index (χ1v) is 9.69. The zero-order valence-corrected chi connectivity index (χ0v) is 15.7. The predicted octanol–water partition coefficient (Wildman–Crippen LogP) is 2.96. The molecule has 3 aromatic rings. The molecule has 2 fully saturated rings. The van der Waals surface area contributed by atoms with Gasteiger partial charge in [0.1, 0.15) is 5.82 Å². The minimum atomic E-state index is -0.288. The molecule has 0 N–H and O–H groups in total. The molecule has 0 spiro atoms. The van der Waals surface area contributed by atoms with Gasteiger partial charge >= 0.3 is 0 Å². The van der Waals surface area contributed by atoms with Crippen LogP contribution in [0.3, 0.4) is 0 Å². The number of anilines is 1. The summed E-state index contributed by atoms with van der Waals surface area (Å²) in [4.78, 5) is 30.1. The molecule has 3 atom stereocenters. The number of fused-ring (bicyclic) bond motifs is 1. The van der Waals surface area contributed by atoms with Crippen molar-refractivity contribution in [3.05, 3.63) is 84.2 Å². The molecule has 0 saturated carbocycles. The van der Waals surface area contributed by atoms with Crippen LogP contribution in [0.4, 0.5) is 10.3 Å².